The normalized spacial score (nSPS) is 25.9. The van der Waals surface area contributed by atoms with Crippen LogP contribution in [0.2, 0.25) is 0 Å². The lowest BCUT2D eigenvalue weighted by Gasteiger charge is -2.55. The molecule has 0 heterocycles. The molecule has 1 aliphatic rings. The lowest BCUT2D eigenvalue weighted by atomic mass is 9.62. The van der Waals surface area contributed by atoms with Crippen molar-refractivity contribution in [2.75, 3.05) is 13.6 Å². The van der Waals surface area contributed by atoms with Crippen LogP contribution < -0.4 is 5.73 Å². The third kappa shape index (κ3) is 2.64. The Morgan fingerprint density at radius 1 is 1.15 bits per heavy atom. The maximum Gasteiger partial charge on any atom is 0.0383 e. The van der Waals surface area contributed by atoms with Gasteiger partial charge < -0.3 is 5.73 Å². The summed E-state index contributed by atoms with van der Waals surface area (Å²) >= 11 is 0. The van der Waals surface area contributed by atoms with Crippen LogP contribution in [0.4, 0.5) is 0 Å². The second-order valence-electron chi connectivity index (χ2n) is 7.11. The average Bonchev–Trinajstić information content (AvgIpc) is 2.41. The van der Waals surface area contributed by atoms with Gasteiger partial charge in [0.25, 0.3) is 0 Å². The highest BCUT2D eigenvalue weighted by Gasteiger charge is 2.48. The molecule has 2 N–H and O–H groups in total. The number of rotatable bonds is 4. The van der Waals surface area contributed by atoms with Crippen molar-refractivity contribution >= 4 is 0 Å². The highest BCUT2D eigenvalue weighted by molar-refractivity contribution is 5.26. The molecule has 1 unspecified atom stereocenters. The maximum absolute atomic E-state index is 6.26. The van der Waals surface area contributed by atoms with E-state index in [9.17, 15) is 0 Å². The molecule has 1 saturated carbocycles. The van der Waals surface area contributed by atoms with E-state index in [-0.39, 0.29) is 11.0 Å². The fourth-order valence-electron chi connectivity index (χ4n) is 3.99. The van der Waals surface area contributed by atoms with Gasteiger partial charge in [-0.05, 0) is 43.4 Å². The van der Waals surface area contributed by atoms with Crippen LogP contribution in [0.15, 0.2) is 24.3 Å². The first-order valence-corrected chi connectivity index (χ1v) is 7.89. The van der Waals surface area contributed by atoms with Gasteiger partial charge in [0.2, 0.25) is 0 Å². The second-order valence-corrected chi connectivity index (χ2v) is 7.11. The van der Waals surface area contributed by atoms with Crippen LogP contribution in [0.3, 0.4) is 0 Å². The van der Waals surface area contributed by atoms with Crippen molar-refractivity contribution in [1.82, 2.24) is 4.90 Å². The third-order valence-corrected chi connectivity index (χ3v) is 5.64. The van der Waals surface area contributed by atoms with E-state index in [2.05, 4.69) is 57.0 Å². The molecule has 0 bridgehead atoms. The minimum atomic E-state index is 0.132. The molecule has 1 atom stereocenters. The predicted molar refractivity (Wildman–Crippen MR) is 86.7 cm³/mol. The molecule has 112 valence electrons. The largest absolute Gasteiger partial charge is 0.329 e. The quantitative estimate of drug-likeness (QED) is 0.906. The van der Waals surface area contributed by atoms with Gasteiger partial charge >= 0.3 is 0 Å². The molecule has 0 aromatic heterocycles. The summed E-state index contributed by atoms with van der Waals surface area (Å²) < 4.78 is 0. The topological polar surface area (TPSA) is 29.3 Å². The molecule has 0 radical (unpaired) electrons. The fraction of sp³-hybridized carbons (Fsp3) is 0.667. The Bertz CT molecular complexity index is 452. The Labute approximate surface area is 124 Å². The number of nitrogens with zero attached hydrogens (tertiary/aromatic N) is 1. The molecule has 2 rings (SSSR count). The fourth-order valence-corrected chi connectivity index (χ4v) is 3.99. The molecule has 0 amide bonds. The van der Waals surface area contributed by atoms with Gasteiger partial charge in [0.05, 0.1) is 0 Å². The first-order chi connectivity index (χ1) is 9.43. The molecule has 1 aliphatic carbocycles. The Hall–Kier alpha value is -0.860. The molecule has 0 spiro atoms. The summed E-state index contributed by atoms with van der Waals surface area (Å²) in [4.78, 5) is 2.52. The van der Waals surface area contributed by atoms with Crippen LogP contribution in [-0.2, 0) is 6.54 Å². The maximum atomic E-state index is 6.26. The summed E-state index contributed by atoms with van der Waals surface area (Å²) in [5, 5.41) is 0. The van der Waals surface area contributed by atoms with Crippen molar-refractivity contribution in [3.8, 4) is 0 Å². The van der Waals surface area contributed by atoms with Crippen molar-refractivity contribution in [1.29, 1.82) is 0 Å². The zero-order chi connectivity index (χ0) is 14.8. The molecule has 2 nitrogen and oxygen atoms in total. The van der Waals surface area contributed by atoms with Gasteiger partial charge in [-0.2, -0.15) is 0 Å². The lowest BCUT2D eigenvalue weighted by molar-refractivity contribution is -0.0335. The van der Waals surface area contributed by atoms with Crippen LogP contribution in [0.25, 0.3) is 0 Å². The summed E-state index contributed by atoms with van der Waals surface area (Å²) in [5.41, 5.74) is 9.48. The van der Waals surface area contributed by atoms with Crippen LogP contribution in [0, 0.1) is 12.3 Å². The zero-order valence-electron chi connectivity index (χ0n) is 13.6. The highest BCUT2D eigenvalue weighted by atomic mass is 15.2. The molecule has 1 fully saturated rings. The average molecular weight is 274 g/mol. The molecular formula is C18H30N2. The van der Waals surface area contributed by atoms with E-state index >= 15 is 0 Å². The molecule has 2 heteroatoms. The summed E-state index contributed by atoms with van der Waals surface area (Å²) in [6, 6.07) is 8.69. The SMILES string of the molecule is Cc1ccccc1CN(C)C1(CN)CCCCC1(C)C. The molecule has 20 heavy (non-hydrogen) atoms. The van der Waals surface area contributed by atoms with E-state index in [0.29, 0.717) is 0 Å². The monoisotopic (exact) mass is 274 g/mol. The Kier molecular flexibility index (Phi) is 4.55. The molecule has 0 saturated heterocycles. The molecule has 1 aromatic carbocycles. The van der Waals surface area contributed by atoms with Crippen molar-refractivity contribution in [3.05, 3.63) is 35.4 Å². The minimum Gasteiger partial charge on any atom is -0.329 e. The van der Waals surface area contributed by atoms with E-state index in [1.54, 1.807) is 0 Å². The van der Waals surface area contributed by atoms with Gasteiger partial charge in [-0.1, -0.05) is 51.0 Å². The molecule has 0 aliphatic heterocycles. The summed E-state index contributed by atoms with van der Waals surface area (Å²) in [6.07, 6.45) is 5.15. The number of hydrogen-bond acceptors (Lipinski definition) is 2. The minimum absolute atomic E-state index is 0.132. The number of aryl methyl sites for hydroxylation is 1. The summed E-state index contributed by atoms with van der Waals surface area (Å²) in [6.45, 7) is 8.74. The van der Waals surface area contributed by atoms with E-state index in [4.69, 9.17) is 5.73 Å². The molecule has 1 aromatic rings. The second kappa shape index (κ2) is 5.87. The van der Waals surface area contributed by atoms with E-state index in [1.165, 1.54) is 36.8 Å². The van der Waals surface area contributed by atoms with Crippen molar-refractivity contribution in [2.45, 2.75) is 58.5 Å². The van der Waals surface area contributed by atoms with Crippen molar-refractivity contribution in [2.24, 2.45) is 11.1 Å². The smallest absolute Gasteiger partial charge is 0.0383 e. The number of hydrogen-bond donors (Lipinski definition) is 1. The van der Waals surface area contributed by atoms with Gasteiger partial charge in [0.15, 0.2) is 0 Å². The molecular weight excluding hydrogens is 244 g/mol. The number of likely N-dealkylation sites (N-methyl/N-ethyl adjacent to an activating group) is 1. The third-order valence-electron chi connectivity index (χ3n) is 5.64. The summed E-state index contributed by atoms with van der Waals surface area (Å²) in [5.74, 6) is 0. The van der Waals surface area contributed by atoms with Gasteiger partial charge in [0.1, 0.15) is 0 Å². The van der Waals surface area contributed by atoms with Crippen LogP contribution in [0.1, 0.15) is 50.7 Å². The van der Waals surface area contributed by atoms with Gasteiger partial charge in [0, 0.05) is 18.6 Å². The van der Waals surface area contributed by atoms with E-state index < -0.39 is 0 Å². The Morgan fingerprint density at radius 3 is 2.40 bits per heavy atom. The van der Waals surface area contributed by atoms with Gasteiger partial charge in [-0.15, -0.1) is 0 Å². The van der Waals surface area contributed by atoms with Gasteiger partial charge in [-0.3, -0.25) is 4.90 Å². The number of nitrogens with two attached hydrogens (primary N) is 1. The number of benzene rings is 1. The van der Waals surface area contributed by atoms with Crippen LogP contribution in [-0.4, -0.2) is 24.0 Å². The van der Waals surface area contributed by atoms with Crippen molar-refractivity contribution < 1.29 is 0 Å². The van der Waals surface area contributed by atoms with E-state index in [0.717, 1.165) is 13.1 Å². The highest BCUT2D eigenvalue weighted by Crippen LogP contribution is 2.46. The predicted octanol–water partition coefficient (Wildman–Crippen LogP) is 3.72. The standard InChI is InChI=1S/C18H30N2/c1-15-9-5-6-10-16(15)13-20(4)18(14-19)12-8-7-11-17(18,2)3/h5-6,9-10H,7-8,11-14,19H2,1-4H3. The zero-order valence-corrected chi connectivity index (χ0v) is 13.6. The van der Waals surface area contributed by atoms with Crippen LogP contribution in [0.5, 0.6) is 0 Å². The van der Waals surface area contributed by atoms with E-state index in [1.807, 2.05) is 0 Å². The first kappa shape index (κ1) is 15.5. The van der Waals surface area contributed by atoms with Crippen molar-refractivity contribution in [3.63, 3.8) is 0 Å². The Balaban J connectivity index is 2.25. The van der Waals surface area contributed by atoms with Gasteiger partial charge in [-0.25, -0.2) is 0 Å². The summed E-state index contributed by atoms with van der Waals surface area (Å²) in [7, 11) is 2.26. The lowest BCUT2D eigenvalue weighted by Crippen LogP contribution is -2.62. The first-order valence-electron chi connectivity index (χ1n) is 7.89. The van der Waals surface area contributed by atoms with Crippen LogP contribution >= 0.6 is 0 Å². The Morgan fingerprint density at radius 2 is 1.80 bits per heavy atom.